The van der Waals surface area contributed by atoms with Crippen molar-refractivity contribution in [1.82, 2.24) is 4.98 Å². The van der Waals surface area contributed by atoms with Crippen LogP contribution in [-0.2, 0) is 0 Å². The van der Waals surface area contributed by atoms with Crippen molar-refractivity contribution in [3.8, 4) is 5.75 Å². The van der Waals surface area contributed by atoms with Crippen LogP contribution in [0.1, 0.15) is 23.2 Å². The fourth-order valence-electron chi connectivity index (χ4n) is 2.64. The van der Waals surface area contributed by atoms with E-state index in [0.717, 1.165) is 31.7 Å². The fourth-order valence-corrected chi connectivity index (χ4v) is 2.64. The van der Waals surface area contributed by atoms with E-state index in [1.54, 1.807) is 18.3 Å². The van der Waals surface area contributed by atoms with Gasteiger partial charge in [0.2, 0.25) is 0 Å². The normalized spacial score (nSPS) is 14.0. The van der Waals surface area contributed by atoms with Crippen LogP contribution in [0.4, 0.5) is 20.3 Å². The Morgan fingerprint density at radius 2 is 1.92 bits per heavy atom. The standard InChI is InChI=1S/C17H17F2N3O2/c18-17(19)24-14-6-2-1-5-13(14)16(23)21-12-7-8-15(20-11-12)22-9-3-4-10-22/h1-2,5-8,11,17H,3-4,9-10H2,(H,21,23). The molecule has 1 N–H and O–H groups in total. The summed E-state index contributed by atoms with van der Waals surface area (Å²) in [6.45, 7) is -1.02. The zero-order valence-corrected chi connectivity index (χ0v) is 12.9. The smallest absolute Gasteiger partial charge is 0.387 e. The number of anilines is 2. The molecule has 1 amide bonds. The first-order valence-corrected chi connectivity index (χ1v) is 7.69. The molecule has 1 aromatic heterocycles. The fraction of sp³-hybridized carbons (Fsp3) is 0.294. The molecule has 1 aromatic carbocycles. The van der Waals surface area contributed by atoms with Crippen molar-refractivity contribution in [2.75, 3.05) is 23.3 Å². The Balaban J connectivity index is 1.70. The van der Waals surface area contributed by atoms with Crippen LogP contribution in [0.5, 0.6) is 5.75 Å². The summed E-state index contributed by atoms with van der Waals surface area (Å²) in [5.41, 5.74) is 0.538. The number of halogens is 2. The van der Waals surface area contributed by atoms with Gasteiger partial charge in [-0.05, 0) is 37.1 Å². The number of benzene rings is 1. The van der Waals surface area contributed by atoms with E-state index >= 15 is 0 Å². The van der Waals surface area contributed by atoms with Gasteiger partial charge >= 0.3 is 6.61 Å². The van der Waals surface area contributed by atoms with Crippen LogP contribution in [0.15, 0.2) is 42.6 Å². The van der Waals surface area contributed by atoms with E-state index < -0.39 is 12.5 Å². The lowest BCUT2D eigenvalue weighted by Gasteiger charge is -2.16. The third kappa shape index (κ3) is 3.79. The molecule has 0 spiro atoms. The number of pyridine rings is 1. The molecule has 0 saturated carbocycles. The Labute approximate surface area is 138 Å². The van der Waals surface area contributed by atoms with E-state index in [2.05, 4.69) is 19.9 Å². The van der Waals surface area contributed by atoms with Crippen LogP contribution in [0.2, 0.25) is 0 Å². The van der Waals surface area contributed by atoms with Gasteiger partial charge in [0.25, 0.3) is 5.91 Å². The van der Waals surface area contributed by atoms with Gasteiger partial charge in [-0.3, -0.25) is 4.79 Å². The number of hydrogen-bond donors (Lipinski definition) is 1. The molecule has 1 saturated heterocycles. The van der Waals surface area contributed by atoms with Crippen molar-refractivity contribution >= 4 is 17.4 Å². The van der Waals surface area contributed by atoms with E-state index in [1.165, 1.54) is 18.2 Å². The number of carbonyl (C=O) groups is 1. The zero-order chi connectivity index (χ0) is 16.9. The average molecular weight is 333 g/mol. The third-order valence-corrected chi connectivity index (χ3v) is 3.78. The molecule has 1 aliphatic rings. The molecule has 0 unspecified atom stereocenters. The van der Waals surface area contributed by atoms with E-state index in [9.17, 15) is 13.6 Å². The number of hydrogen-bond acceptors (Lipinski definition) is 4. The first kappa shape index (κ1) is 16.2. The molecule has 3 rings (SSSR count). The van der Waals surface area contributed by atoms with Crippen LogP contribution < -0.4 is 15.0 Å². The molecule has 24 heavy (non-hydrogen) atoms. The predicted octanol–water partition coefficient (Wildman–Crippen LogP) is 3.54. The second-order valence-corrected chi connectivity index (χ2v) is 5.43. The maximum Gasteiger partial charge on any atom is 0.387 e. The Kier molecular flexibility index (Phi) is 4.88. The summed E-state index contributed by atoms with van der Waals surface area (Å²) in [7, 11) is 0. The molecular weight excluding hydrogens is 316 g/mol. The van der Waals surface area contributed by atoms with Gasteiger partial charge in [0.15, 0.2) is 0 Å². The van der Waals surface area contributed by atoms with Crippen LogP contribution in [0.25, 0.3) is 0 Å². The van der Waals surface area contributed by atoms with Gasteiger partial charge in [0.1, 0.15) is 11.6 Å². The van der Waals surface area contributed by atoms with Crippen LogP contribution in [0.3, 0.4) is 0 Å². The summed E-state index contributed by atoms with van der Waals surface area (Å²) in [5, 5.41) is 2.64. The highest BCUT2D eigenvalue weighted by molar-refractivity contribution is 6.06. The molecular formula is C17H17F2N3O2. The molecule has 0 atom stereocenters. The van der Waals surface area contributed by atoms with Crippen molar-refractivity contribution in [3.63, 3.8) is 0 Å². The van der Waals surface area contributed by atoms with Crippen molar-refractivity contribution in [2.24, 2.45) is 0 Å². The van der Waals surface area contributed by atoms with Crippen LogP contribution >= 0.6 is 0 Å². The lowest BCUT2D eigenvalue weighted by molar-refractivity contribution is -0.0501. The maximum absolute atomic E-state index is 12.4. The van der Waals surface area contributed by atoms with Crippen LogP contribution in [-0.4, -0.2) is 30.6 Å². The largest absolute Gasteiger partial charge is 0.434 e. The Hall–Kier alpha value is -2.70. The number of nitrogens with one attached hydrogen (secondary N) is 1. The molecule has 2 aromatic rings. The Morgan fingerprint density at radius 3 is 2.58 bits per heavy atom. The lowest BCUT2D eigenvalue weighted by atomic mass is 10.2. The van der Waals surface area contributed by atoms with E-state index in [1.807, 2.05) is 6.07 Å². The average Bonchev–Trinajstić information content (AvgIpc) is 3.10. The monoisotopic (exact) mass is 333 g/mol. The van der Waals surface area contributed by atoms with Crippen LogP contribution in [0, 0.1) is 0 Å². The van der Waals surface area contributed by atoms with Gasteiger partial charge in [-0.1, -0.05) is 12.1 Å². The highest BCUT2D eigenvalue weighted by Gasteiger charge is 2.16. The molecule has 0 bridgehead atoms. The quantitative estimate of drug-likeness (QED) is 0.909. The molecule has 7 heteroatoms. The minimum absolute atomic E-state index is 0.0430. The summed E-state index contributed by atoms with van der Waals surface area (Å²) >= 11 is 0. The third-order valence-electron chi connectivity index (χ3n) is 3.78. The maximum atomic E-state index is 12.4. The highest BCUT2D eigenvalue weighted by Crippen LogP contribution is 2.23. The van der Waals surface area contributed by atoms with E-state index in [4.69, 9.17) is 0 Å². The number of aromatic nitrogens is 1. The summed E-state index contributed by atoms with van der Waals surface area (Å²) in [6.07, 6.45) is 3.87. The number of para-hydroxylation sites is 1. The minimum atomic E-state index is -2.99. The second-order valence-electron chi connectivity index (χ2n) is 5.43. The lowest BCUT2D eigenvalue weighted by Crippen LogP contribution is -2.19. The van der Waals surface area contributed by atoms with Crippen molar-refractivity contribution in [1.29, 1.82) is 0 Å². The number of rotatable bonds is 5. The topological polar surface area (TPSA) is 54.5 Å². The number of nitrogens with zero attached hydrogens (tertiary/aromatic N) is 2. The molecule has 126 valence electrons. The minimum Gasteiger partial charge on any atom is -0.434 e. The number of ether oxygens (including phenoxy) is 1. The van der Waals surface area contributed by atoms with Gasteiger partial charge in [-0.2, -0.15) is 8.78 Å². The Morgan fingerprint density at radius 1 is 1.17 bits per heavy atom. The number of alkyl halides is 2. The number of carbonyl (C=O) groups excluding carboxylic acids is 1. The van der Waals surface area contributed by atoms with Gasteiger partial charge in [-0.25, -0.2) is 4.98 Å². The molecule has 5 nitrogen and oxygen atoms in total. The van der Waals surface area contributed by atoms with E-state index in [-0.39, 0.29) is 11.3 Å². The van der Waals surface area contributed by atoms with Crippen molar-refractivity contribution < 1.29 is 18.3 Å². The first-order valence-electron chi connectivity index (χ1n) is 7.69. The zero-order valence-electron chi connectivity index (χ0n) is 12.9. The summed E-state index contributed by atoms with van der Waals surface area (Å²) in [4.78, 5) is 18.8. The van der Waals surface area contributed by atoms with Gasteiger partial charge < -0.3 is 15.0 Å². The first-order chi connectivity index (χ1) is 11.6. The van der Waals surface area contributed by atoms with Gasteiger partial charge in [0.05, 0.1) is 17.4 Å². The number of amides is 1. The van der Waals surface area contributed by atoms with Gasteiger partial charge in [-0.15, -0.1) is 0 Å². The predicted molar refractivity (Wildman–Crippen MR) is 86.7 cm³/mol. The highest BCUT2D eigenvalue weighted by atomic mass is 19.3. The van der Waals surface area contributed by atoms with Crippen molar-refractivity contribution in [3.05, 3.63) is 48.2 Å². The molecule has 1 fully saturated rings. The molecule has 1 aliphatic heterocycles. The van der Waals surface area contributed by atoms with E-state index in [0.29, 0.717) is 5.69 Å². The second kappa shape index (κ2) is 7.25. The molecule has 0 radical (unpaired) electrons. The Bertz CT molecular complexity index is 701. The molecule has 2 heterocycles. The van der Waals surface area contributed by atoms with Crippen molar-refractivity contribution in [2.45, 2.75) is 19.5 Å². The van der Waals surface area contributed by atoms with Gasteiger partial charge in [0, 0.05) is 13.1 Å². The summed E-state index contributed by atoms with van der Waals surface area (Å²) < 4.78 is 29.2. The SMILES string of the molecule is O=C(Nc1ccc(N2CCCC2)nc1)c1ccccc1OC(F)F. The molecule has 0 aliphatic carbocycles. The summed E-state index contributed by atoms with van der Waals surface area (Å²) in [6, 6.07) is 9.45. The summed E-state index contributed by atoms with van der Waals surface area (Å²) in [5.74, 6) is 0.181.